The molecule has 0 atom stereocenters. The van der Waals surface area contributed by atoms with Crippen LogP contribution in [-0.2, 0) is 0 Å². The van der Waals surface area contributed by atoms with Crippen LogP contribution in [0.3, 0.4) is 0 Å². The van der Waals surface area contributed by atoms with Crippen molar-refractivity contribution in [1.82, 2.24) is 15.3 Å². The molecule has 1 N–H and O–H groups in total. The number of hydrogen-bond acceptors (Lipinski definition) is 5. The zero-order valence-corrected chi connectivity index (χ0v) is 16.8. The molecule has 0 spiro atoms. The number of thiocarbonyl (C=S) groups is 1. The molecule has 1 aromatic carbocycles. The van der Waals surface area contributed by atoms with Crippen LogP contribution in [0, 0.1) is 5.82 Å². The summed E-state index contributed by atoms with van der Waals surface area (Å²) in [5.41, 5.74) is 6.33. The zero-order chi connectivity index (χ0) is 20.2. The Morgan fingerprint density at radius 3 is 2.69 bits per heavy atom. The van der Waals surface area contributed by atoms with Crippen LogP contribution in [0.25, 0.3) is 6.08 Å². The minimum absolute atomic E-state index is 0.154. The van der Waals surface area contributed by atoms with Crippen LogP contribution in [-0.4, -0.2) is 53.5 Å². The lowest BCUT2D eigenvalue weighted by Crippen LogP contribution is -2.51. The van der Waals surface area contributed by atoms with Crippen LogP contribution in [0.15, 0.2) is 48.2 Å². The van der Waals surface area contributed by atoms with Crippen molar-refractivity contribution in [1.29, 1.82) is 0 Å². The van der Waals surface area contributed by atoms with E-state index in [4.69, 9.17) is 17.0 Å². The van der Waals surface area contributed by atoms with Gasteiger partial charge in [-0.25, -0.2) is 4.39 Å². The third-order valence-corrected chi connectivity index (χ3v) is 5.41. The third-order valence-electron chi connectivity index (χ3n) is 5.06. The highest BCUT2D eigenvalue weighted by molar-refractivity contribution is 7.80. The normalized spacial score (nSPS) is 17.5. The maximum Gasteiger partial charge on any atom is 0.189 e. The topological polar surface area (TPSA) is 53.0 Å². The molecule has 29 heavy (non-hydrogen) atoms. The minimum Gasteiger partial charge on any atom is -0.488 e. The van der Waals surface area contributed by atoms with Gasteiger partial charge in [0.25, 0.3) is 0 Å². The predicted molar refractivity (Wildman–Crippen MR) is 117 cm³/mol. The largest absolute Gasteiger partial charge is 0.488 e. The summed E-state index contributed by atoms with van der Waals surface area (Å²) in [7, 11) is 0. The van der Waals surface area contributed by atoms with Gasteiger partial charge < -0.3 is 14.5 Å². The summed E-state index contributed by atoms with van der Waals surface area (Å²) >= 11 is 5.51. The van der Waals surface area contributed by atoms with Gasteiger partial charge in [0.1, 0.15) is 5.69 Å². The van der Waals surface area contributed by atoms with E-state index in [9.17, 15) is 4.39 Å². The number of halogens is 1. The maximum atomic E-state index is 13.9. The Hall–Kier alpha value is -3.00. The van der Waals surface area contributed by atoms with Gasteiger partial charge in [-0.15, -0.1) is 0 Å². The number of hydrazone groups is 1. The molecule has 2 aromatic rings. The number of anilines is 1. The van der Waals surface area contributed by atoms with E-state index in [1.165, 1.54) is 18.0 Å². The quantitative estimate of drug-likeness (QED) is 0.619. The number of pyridine rings is 1. The van der Waals surface area contributed by atoms with E-state index in [0.717, 1.165) is 31.7 Å². The number of nitrogens with one attached hydrogen (secondary N) is 1. The average Bonchev–Trinajstić information content (AvgIpc) is 2.78. The van der Waals surface area contributed by atoms with E-state index < -0.39 is 5.82 Å². The van der Waals surface area contributed by atoms with Gasteiger partial charge in [0.05, 0.1) is 12.3 Å². The van der Waals surface area contributed by atoms with Gasteiger partial charge in [-0.1, -0.05) is 24.8 Å². The Kier molecular flexibility index (Phi) is 5.71. The van der Waals surface area contributed by atoms with Crippen molar-refractivity contribution in [2.75, 3.05) is 37.7 Å². The molecule has 1 saturated heterocycles. The first-order chi connectivity index (χ1) is 14.2. The molecule has 2 aliphatic rings. The number of fused-ring (bicyclic) bond motifs is 1. The second-order valence-electron chi connectivity index (χ2n) is 6.81. The van der Waals surface area contributed by atoms with Crippen molar-refractivity contribution < 1.29 is 9.13 Å². The van der Waals surface area contributed by atoms with Gasteiger partial charge in [-0.3, -0.25) is 10.4 Å². The lowest BCUT2D eigenvalue weighted by Gasteiger charge is -2.37. The van der Waals surface area contributed by atoms with Crippen molar-refractivity contribution in [2.24, 2.45) is 5.10 Å². The lowest BCUT2D eigenvalue weighted by atomic mass is 10.1. The van der Waals surface area contributed by atoms with Crippen molar-refractivity contribution >= 4 is 34.8 Å². The fraction of sp³-hybridized carbons (Fsp3) is 0.286. The summed E-state index contributed by atoms with van der Waals surface area (Å²) in [6.45, 7) is 7.49. The van der Waals surface area contributed by atoms with E-state index in [2.05, 4.69) is 56.2 Å². The van der Waals surface area contributed by atoms with E-state index in [1.54, 1.807) is 0 Å². The zero-order valence-electron chi connectivity index (χ0n) is 16.0. The van der Waals surface area contributed by atoms with Crippen molar-refractivity contribution in [3.8, 4) is 5.75 Å². The fourth-order valence-corrected chi connectivity index (χ4v) is 3.65. The number of aromatic nitrogens is 1. The van der Waals surface area contributed by atoms with Gasteiger partial charge in [-0.2, -0.15) is 5.10 Å². The van der Waals surface area contributed by atoms with Crippen LogP contribution in [0.5, 0.6) is 5.75 Å². The molecule has 0 radical (unpaired) electrons. The first-order valence-electron chi connectivity index (χ1n) is 9.52. The summed E-state index contributed by atoms with van der Waals surface area (Å²) in [6.07, 6.45) is 3.80. The maximum absolute atomic E-state index is 13.9. The van der Waals surface area contributed by atoms with Gasteiger partial charge in [0.2, 0.25) is 0 Å². The molecule has 0 saturated carbocycles. The highest BCUT2D eigenvalue weighted by Crippen LogP contribution is 2.26. The Labute approximate surface area is 174 Å². The number of rotatable bonds is 3. The molecule has 0 amide bonds. The number of hydrogen-bond donors (Lipinski definition) is 1. The molecule has 1 fully saturated rings. The van der Waals surface area contributed by atoms with Crippen LogP contribution in [0.1, 0.15) is 17.7 Å². The summed E-state index contributed by atoms with van der Waals surface area (Å²) < 4.78 is 19.2. The molecule has 1 aromatic heterocycles. The van der Waals surface area contributed by atoms with Gasteiger partial charge in [0.15, 0.2) is 16.7 Å². The minimum atomic E-state index is -0.428. The second kappa shape index (κ2) is 8.57. The standard InChI is InChI=1S/C21H22FN5OS/c1-2-15-3-5-16(6-4-15)26-10-12-27(13-11-26)21(29)25-24-18-8-14-28-20-17(22)7-9-23-19(18)20/h2-7,9H,1,8,10-14H2,(H,25,29)/b24-18-. The summed E-state index contributed by atoms with van der Waals surface area (Å²) in [4.78, 5) is 8.63. The van der Waals surface area contributed by atoms with Gasteiger partial charge in [0, 0.05) is 44.5 Å². The molecule has 6 nitrogen and oxygen atoms in total. The first kappa shape index (κ1) is 19.3. The van der Waals surface area contributed by atoms with E-state index in [0.29, 0.717) is 29.5 Å². The Balaban J connectivity index is 1.35. The Bertz CT molecular complexity index is 939. The van der Waals surface area contributed by atoms with Crippen LogP contribution in [0.4, 0.5) is 10.1 Å². The summed E-state index contributed by atoms with van der Waals surface area (Å²) in [5.74, 6) is -0.275. The Morgan fingerprint density at radius 2 is 1.97 bits per heavy atom. The molecule has 0 aliphatic carbocycles. The highest BCUT2D eigenvalue weighted by atomic mass is 32.1. The molecule has 2 aliphatic heterocycles. The SMILES string of the molecule is C=Cc1ccc(N2CCN(C(=S)N/N=C3/CCOc4c(F)ccnc43)CC2)cc1. The monoisotopic (exact) mass is 411 g/mol. The van der Waals surface area contributed by atoms with Crippen molar-refractivity contribution in [3.05, 3.63) is 60.2 Å². The van der Waals surface area contributed by atoms with E-state index in [-0.39, 0.29) is 5.75 Å². The molecular formula is C21H22FN5OS. The second-order valence-corrected chi connectivity index (χ2v) is 7.20. The average molecular weight is 412 g/mol. The molecule has 3 heterocycles. The molecule has 8 heteroatoms. The number of benzene rings is 1. The van der Waals surface area contributed by atoms with Crippen LogP contribution < -0.4 is 15.1 Å². The number of ether oxygens (including phenoxy) is 1. The molecular weight excluding hydrogens is 389 g/mol. The molecule has 0 unspecified atom stereocenters. The fourth-order valence-electron chi connectivity index (χ4n) is 3.42. The summed E-state index contributed by atoms with van der Waals surface area (Å²) in [5, 5.41) is 4.95. The Morgan fingerprint density at radius 1 is 1.21 bits per heavy atom. The number of nitrogens with zero attached hydrogens (tertiary/aromatic N) is 4. The third kappa shape index (κ3) is 4.22. The van der Waals surface area contributed by atoms with Crippen molar-refractivity contribution in [2.45, 2.75) is 6.42 Å². The summed E-state index contributed by atoms with van der Waals surface area (Å²) in [6, 6.07) is 9.65. The molecule has 4 rings (SSSR count). The van der Waals surface area contributed by atoms with E-state index in [1.807, 2.05) is 6.08 Å². The van der Waals surface area contributed by atoms with Gasteiger partial charge in [-0.05, 0) is 36.0 Å². The van der Waals surface area contributed by atoms with E-state index >= 15 is 0 Å². The highest BCUT2D eigenvalue weighted by Gasteiger charge is 2.23. The van der Waals surface area contributed by atoms with Crippen LogP contribution >= 0.6 is 12.2 Å². The van der Waals surface area contributed by atoms with Crippen LogP contribution in [0.2, 0.25) is 0 Å². The molecule has 0 bridgehead atoms. The predicted octanol–water partition coefficient (Wildman–Crippen LogP) is 3.05. The lowest BCUT2D eigenvalue weighted by molar-refractivity contribution is 0.300. The smallest absolute Gasteiger partial charge is 0.189 e. The number of piperazine rings is 1. The molecule has 150 valence electrons. The van der Waals surface area contributed by atoms with Crippen molar-refractivity contribution in [3.63, 3.8) is 0 Å². The first-order valence-corrected chi connectivity index (χ1v) is 9.93. The van der Waals surface area contributed by atoms with Gasteiger partial charge >= 0.3 is 0 Å².